The van der Waals surface area contributed by atoms with Crippen molar-refractivity contribution < 1.29 is 14.6 Å². The zero-order valence-corrected chi connectivity index (χ0v) is 10.4. The Morgan fingerprint density at radius 1 is 1.56 bits per heavy atom. The highest BCUT2D eigenvalue weighted by Crippen LogP contribution is 2.22. The average Bonchev–Trinajstić information content (AvgIpc) is 2.40. The van der Waals surface area contributed by atoms with Crippen LogP contribution in [0.3, 0.4) is 0 Å². The van der Waals surface area contributed by atoms with E-state index in [2.05, 4.69) is 10.2 Å². The van der Waals surface area contributed by atoms with Crippen molar-refractivity contribution in [1.82, 2.24) is 10.2 Å². The van der Waals surface area contributed by atoms with Crippen molar-refractivity contribution in [3.8, 4) is 0 Å². The molecule has 0 unspecified atom stereocenters. The topological polar surface area (TPSA) is 75.5 Å². The van der Waals surface area contributed by atoms with E-state index < -0.39 is 5.97 Å². The Balaban J connectivity index is 2.07. The Hall–Kier alpha value is -1.69. The van der Waals surface area contributed by atoms with Gasteiger partial charge in [0.05, 0.1) is 12.3 Å². The summed E-state index contributed by atoms with van der Waals surface area (Å²) in [6.07, 6.45) is 3.46. The minimum atomic E-state index is -0.966. The summed E-state index contributed by atoms with van der Waals surface area (Å²) in [7, 11) is 0. The number of anilines is 1. The maximum Gasteiger partial charge on any atom is 0.339 e. The van der Waals surface area contributed by atoms with Crippen LogP contribution in [0.5, 0.6) is 0 Å². The number of ether oxygens (including phenoxy) is 1. The molecular formula is C12H17N3O3. The van der Waals surface area contributed by atoms with E-state index in [0.717, 1.165) is 32.5 Å². The molecule has 0 amide bonds. The van der Waals surface area contributed by atoms with Gasteiger partial charge in [-0.1, -0.05) is 0 Å². The number of rotatable bonds is 4. The fourth-order valence-corrected chi connectivity index (χ4v) is 2.19. The predicted octanol–water partition coefficient (Wildman–Crippen LogP) is 1.18. The van der Waals surface area contributed by atoms with Crippen LogP contribution in [0.4, 0.5) is 5.82 Å². The van der Waals surface area contributed by atoms with Gasteiger partial charge in [0.2, 0.25) is 0 Å². The molecule has 0 spiro atoms. The number of carboxylic acids is 1. The second-order valence-electron chi connectivity index (χ2n) is 4.22. The zero-order valence-electron chi connectivity index (χ0n) is 10.4. The maximum atomic E-state index is 11.1. The molecular weight excluding hydrogens is 234 g/mol. The first-order chi connectivity index (χ1) is 8.72. The molecule has 0 saturated carbocycles. The third kappa shape index (κ3) is 2.76. The number of carboxylic acid groups (broad SMARTS) is 1. The van der Waals surface area contributed by atoms with Gasteiger partial charge >= 0.3 is 5.97 Å². The lowest BCUT2D eigenvalue weighted by atomic mass is 10.1. The van der Waals surface area contributed by atoms with E-state index in [0.29, 0.717) is 5.82 Å². The van der Waals surface area contributed by atoms with Gasteiger partial charge in [0.1, 0.15) is 5.56 Å². The van der Waals surface area contributed by atoms with Crippen molar-refractivity contribution >= 4 is 11.8 Å². The predicted molar refractivity (Wildman–Crippen MR) is 65.9 cm³/mol. The normalized spacial score (nSPS) is 16.8. The Bertz CT molecular complexity index is 417. The molecule has 0 aromatic carbocycles. The molecule has 1 aromatic rings. The third-order valence-corrected chi connectivity index (χ3v) is 3.08. The average molecular weight is 251 g/mol. The first kappa shape index (κ1) is 12.8. The Kier molecular flexibility index (Phi) is 4.09. The standard InChI is InChI=1S/C12H17N3O3/c1-2-18-9-4-7-15(8-5-9)11-10(12(16)17)3-6-13-14-11/h3,6,9H,2,4-5,7-8H2,1H3,(H,16,17). The highest BCUT2D eigenvalue weighted by Gasteiger charge is 2.24. The van der Waals surface area contributed by atoms with Gasteiger partial charge in [-0.15, -0.1) is 5.10 Å². The van der Waals surface area contributed by atoms with Crippen molar-refractivity contribution in [1.29, 1.82) is 0 Å². The molecule has 0 aliphatic carbocycles. The van der Waals surface area contributed by atoms with Gasteiger partial charge in [0.25, 0.3) is 0 Å². The summed E-state index contributed by atoms with van der Waals surface area (Å²) >= 11 is 0. The molecule has 98 valence electrons. The van der Waals surface area contributed by atoms with Crippen LogP contribution < -0.4 is 4.90 Å². The molecule has 1 saturated heterocycles. The van der Waals surface area contributed by atoms with E-state index in [4.69, 9.17) is 9.84 Å². The van der Waals surface area contributed by atoms with Crippen molar-refractivity contribution in [2.24, 2.45) is 0 Å². The molecule has 18 heavy (non-hydrogen) atoms. The van der Waals surface area contributed by atoms with Gasteiger partial charge in [0, 0.05) is 19.7 Å². The van der Waals surface area contributed by atoms with E-state index in [1.54, 1.807) is 0 Å². The molecule has 2 heterocycles. The number of piperidine rings is 1. The molecule has 6 nitrogen and oxygen atoms in total. The first-order valence-corrected chi connectivity index (χ1v) is 6.14. The van der Waals surface area contributed by atoms with Gasteiger partial charge in [0.15, 0.2) is 5.82 Å². The number of hydrogen-bond donors (Lipinski definition) is 1. The molecule has 1 aliphatic heterocycles. The SMILES string of the molecule is CCOC1CCN(c2nnccc2C(=O)O)CC1. The molecule has 0 bridgehead atoms. The van der Waals surface area contributed by atoms with Crippen LogP contribution >= 0.6 is 0 Å². The quantitative estimate of drug-likeness (QED) is 0.866. The van der Waals surface area contributed by atoms with E-state index in [1.165, 1.54) is 12.3 Å². The number of hydrogen-bond acceptors (Lipinski definition) is 5. The number of aromatic carboxylic acids is 1. The number of aromatic nitrogens is 2. The van der Waals surface area contributed by atoms with Crippen LogP contribution in [0.15, 0.2) is 12.3 Å². The van der Waals surface area contributed by atoms with Gasteiger partial charge in [-0.25, -0.2) is 4.79 Å². The monoisotopic (exact) mass is 251 g/mol. The lowest BCUT2D eigenvalue weighted by molar-refractivity contribution is 0.0458. The molecule has 6 heteroatoms. The van der Waals surface area contributed by atoms with E-state index in [9.17, 15) is 4.79 Å². The molecule has 1 fully saturated rings. The fraction of sp³-hybridized carbons (Fsp3) is 0.583. The summed E-state index contributed by atoms with van der Waals surface area (Å²) in [5.74, 6) is -0.508. The summed E-state index contributed by atoms with van der Waals surface area (Å²) in [6, 6.07) is 1.49. The second-order valence-corrected chi connectivity index (χ2v) is 4.22. The van der Waals surface area contributed by atoms with Crippen LogP contribution in [0, 0.1) is 0 Å². The molecule has 1 aliphatic rings. The molecule has 1 aromatic heterocycles. The molecule has 2 rings (SSSR count). The molecule has 0 radical (unpaired) electrons. The Morgan fingerprint density at radius 2 is 2.28 bits per heavy atom. The van der Waals surface area contributed by atoms with E-state index >= 15 is 0 Å². The minimum absolute atomic E-state index is 0.208. The van der Waals surface area contributed by atoms with Crippen LogP contribution in [0.25, 0.3) is 0 Å². The summed E-state index contributed by atoms with van der Waals surface area (Å²) in [4.78, 5) is 13.1. The van der Waals surface area contributed by atoms with Crippen LogP contribution in [-0.4, -0.2) is 47.1 Å². The van der Waals surface area contributed by atoms with Crippen LogP contribution in [-0.2, 0) is 4.74 Å². The summed E-state index contributed by atoms with van der Waals surface area (Å²) < 4.78 is 5.57. The van der Waals surface area contributed by atoms with Crippen LogP contribution in [0.1, 0.15) is 30.1 Å². The van der Waals surface area contributed by atoms with Crippen LogP contribution in [0.2, 0.25) is 0 Å². The van der Waals surface area contributed by atoms with E-state index in [1.807, 2.05) is 11.8 Å². The third-order valence-electron chi connectivity index (χ3n) is 3.08. The van der Waals surface area contributed by atoms with E-state index in [-0.39, 0.29) is 11.7 Å². The second kappa shape index (κ2) is 5.77. The number of carbonyl (C=O) groups is 1. The van der Waals surface area contributed by atoms with Crippen molar-refractivity contribution in [3.05, 3.63) is 17.8 Å². The van der Waals surface area contributed by atoms with Crippen molar-refractivity contribution in [2.45, 2.75) is 25.9 Å². The highest BCUT2D eigenvalue weighted by molar-refractivity contribution is 5.93. The van der Waals surface area contributed by atoms with Gasteiger partial charge < -0.3 is 14.7 Å². The van der Waals surface area contributed by atoms with Gasteiger partial charge in [-0.3, -0.25) is 0 Å². The summed E-state index contributed by atoms with van der Waals surface area (Å²) in [5, 5.41) is 16.8. The van der Waals surface area contributed by atoms with Gasteiger partial charge in [-0.2, -0.15) is 5.10 Å². The van der Waals surface area contributed by atoms with Crippen molar-refractivity contribution in [3.63, 3.8) is 0 Å². The van der Waals surface area contributed by atoms with Crippen molar-refractivity contribution in [2.75, 3.05) is 24.6 Å². The highest BCUT2D eigenvalue weighted by atomic mass is 16.5. The molecule has 1 N–H and O–H groups in total. The Labute approximate surface area is 106 Å². The van der Waals surface area contributed by atoms with Gasteiger partial charge in [-0.05, 0) is 25.8 Å². The lowest BCUT2D eigenvalue weighted by Gasteiger charge is -2.32. The largest absolute Gasteiger partial charge is 0.478 e. The maximum absolute atomic E-state index is 11.1. The molecule has 0 atom stereocenters. The summed E-state index contributed by atoms with van der Waals surface area (Å²) in [5.41, 5.74) is 0.208. The number of nitrogens with zero attached hydrogens (tertiary/aromatic N) is 3. The fourth-order valence-electron chi connectivity index (χ4n) is 2.19. The lowest BCUT2D eigenvalue weighted by Crippen LogP contribution is -2.38. The zero-order chi connectivity index (χ0) is 13.0. The Morgan fingerprint density at radius 3 is 2.89 bits per heavy atom. The smallest absolute Gasteiger partial charge is 0.339 e. The first-order valence-electron chi connectivity index (χ1n) is 6.14. The summed E-state index contributed by atoms with van der Waals surface area (Å²) in [6.45, 7) is 4.21. The minimum Gasteiger partial charge on any atom is -0.478 e.